The third-order valence-corrected chi connectivity index (χ3v) is 5.26. The van der Waals surface area contributed by atoms with Gasteiger partial charge in [-0.1, -0.05) is 12.1 Å². The molecule has 29 heavy (non-hydrogen) atoms. The number of anilines is 1. The maximum absolute atomic E-state index is 12.4. The Morgan fingerprint density at radius 2 is 2.14 bits per heavy atom. The molecule has 1 amide bonds. The summed E-state index contributed by atoms with van der Waals surface area (Å²) < 4.78 is 12.4. The fourth-order valence-corrected chi connectivity index (χ4v) is 3.69. The van der Waals surface area contributed by atoms with Crippen LogP contribution in [0.25, 0.3) is 11.0 Å². The number of aryl methyl sites for hydroxylation is 2. The van der Waals surface area contributed by atoms with Crippen molar-refractivity contribution in [3.05, 3.63) is 35.5 Å². The van der Waals surface area contributed by atoms with Gasteiger partial charge in [-0.3, -0.25) is 4.79 Å². The number of carbonyl (C=O) groups excluding carboxylic acids is 1. The van der Waals surface area contributed by atoms with Gasteiger partial charge in [-0.25, -0.2) is 9.67 Å². The molecule has 2 N–H and O–H groups in total. The second-order valence-corrected chi connectivity index (χ2v) is 7.05. The molecule has 1 saturated heterocycles. The average Bonchev–Trinajstić information content (AvgIpc) is 3.43. The molecule has 9 heteroatoms. The van der Waals surface area contributed by atoms with E-state index in [0.717, 1.165) is 67.0 Å². The number of amides is 1. The molecule has 1 fully saturated rings. The van der Waals surface area contributed by atoms with Gasteiger partial charge in [-0.05, 0) is 26.2 Å². The molecular formula is C20H26N6O3. The van der Waals surface area contributed by atoms with Crippen molar-refractivity contribution in [3.63, 3.8) is 0 Å². The van der Waals surface area contributed by atoms with E-state index in [1.807, 2.05) is 10.9 Å². The second-order valence-electron chi connectivity index (χ2n) is 7.05. The van der Waals surface area contributed by atoms with Crippen molar-refractivity contribution < 1.29 is 14.1 Å². The first-order valence-corrected chi connectivity index (χ1v) is 10.1. The minimum atomic E-state index is -0.300. The Morgan fingerprint density at radius 1 is 1.31 bits per heavy atom. The van der Waals surface area contributed by atoms with Crippen molar-refractivity contribution >= 4 is 22.6 Å². The molecule has 0 aliphatic carbocycles. The Bertz CT molecular complexity index is 976. The Balaban J connectivity index is 1.71. The summed E-state index contributed by atoms with van der Waals surface area (Å²) in [5.41, 5.74) is 3.79. The number of ether oxygens (including phenoxy) is 1. The smallest absolute Gasteiger partial charge is 0.290 e. The van der Waals surface area contributed by atoms with Gasteiger partial charge in [-0.15, -0.1) is 0 Å². The van der Waals surface area contributed by atoms with Crippen LogP contribution >= 0.6 is 0 Å². The molecule has 0 aromatic carbocycles. The number of nitrogens with one attached hydrogen (secondary N) is 2. The van der Waals surface area contributed by atoms with Crippen LogP contribution < -0.4 is 10.6 Å². The molecule has 0 bridgehead atoms. The molecule has 1 aliphatic heterocycles. The monoisotopic (exact) mass is 398 g/mol. The highest BCUT2D eigenvalue weighted by Gasteiger charge is 2.22. The van der Waals surface area contributed by atoms with Gasteiger partial charge in [0.05, 0.1) is 23.5 Å². The standard InChI is InChI=1S/C20H26N6O3/c1-3-16-14(11-21-20(27)17-5-8-23-29-17)18(24-13-6-9-28-10-7-13)15-12-22-26(4-2)19(15)25-16/h5,8,12-13H,3-4,6-7,9-11H2,1-2H3,(H,21,27)(H,24,25). The summed E-state index contributed by atoms with van der Waals surface area (Å²) in [6.45, 7) is 6.71. The highest BCUT2D eigenvalue weighted by atomic mass is 16.5. The van der Waals surface area contributed by atoms with Gasteiger partial charge in [-0.2, -0.15) is 5.10 Å². The van der Waals surface area contributed by atoms with Gasteiger partial charge < -0.3 is 19.9 Å². The summed E-state index contributed by atoms with van der Waals surface area (Å²) in [6, 6.07) is 1.86. The maximum Gasteiger partial charge on any atom is 0.290 e. The average molecular weight is 398 g/mol. The zero-order valence-corrected chi connectivity index (χ0v) is 16.8. The Hall–Kier alpha value is -2.94. The first kappa shape index (κ1) is 19.4. The van der Waals surface area contributed by atoms with E-state index in [4.69, 9.17) is 14.2 Å². The van der Waals surface area contributed by atoms with Crippen LogP contribution in [0.15, 0.2) is 23.0 Å². The largest absolute Gasteiger partial charge is 0.381 e. The number of hydrogen-bond donors (Lipinski definition) is 2. The molecule has 0 radical (unpaired) electrons. The second kappa shape index (κ2) is 8.60. The molecule has 0 unspecified atom stereocenters. The molecule has 0 saturated carbocycles. The van der Waals surface area contributed by atoms with Crippen LogP contribution in [0.2, 0.25) is 0 Å². The first-order valence-electron chi connectivity index (χ1n) is 10.1. The van der Waals surface area contributed by atoms with Gasteiger partial charge in [0, 0.05) is 49.7 Å². The molecule has 0 spiro atoms. The third-order valence-electron chi connectivity index (χ3n) is 5.26. The molecular weight excluding hydrogens is 372 g/mol. The normalized spacial score (nSPS) is 15.0. The lowest BCUT2D eigenvalue weighted by Gasteiger charge is -2.26. The van der Waals surface area contributed by atoms with Gasteiger partial charge in [0.2, 0.25) is 5.76 Å². The lowest BCUT2D eigenvalue weighted by atomic mass is 10.0. The molecule has 9 nitrogen and oxygen atoms in total. The summed E-state index contributed by atoms with van der Waals surface area (Å²) >= 11 is 0. The van der Waals surface area contributed by atoms with Crippen molar-refractivity contribution in [2.45, 2.75) is 52.2 Å². The van der Waals surface area contributed by atoms with Gasteiger partial charge in [0.25, 0.3) is 5.91 Å². The fourth-order valence-electron chi connectivity index (χ4n) is 3.69. The minimum absolute atomic E-state index is 0.190. The molecule has 4 heterocycles. The number of carbonyl (C=O) groups is 1. The van der Waals surface area contributed by atoms with Crippen molar-refractivity contribution in [3.8, 4) is 0 Å². The number of hydrogen-bond acceptors (Lipinski definition) is 7. The molecule has 3 aromatic rings. The number of aromatic nitrogens is 4. The number of rotatable bonds is 7. The summed E-state index contributed by atoms with van der Waals surface area (Å²) in [4.78, 5) is 17.2. The van der Waals surface area contributed by atoms with E-state index in [9.17, 15) is 4.79 Å². The number of pyridine rings is 1. The SMILES string of the molecule is CCc1nc2c(cnn2CC)c(NC2CCOCC2)c1CNC(=O)c1ccno1. The zero-order valence-electron chi connectivity index (χ0n) is 16.8. The number of nitrogens with zero attached hydrogens (tertiary/aromatic N) is 4. The van der Waals surface area contributed by atoms with Gasteiger partial charge in [0.15, 0.2) is 5.65 Å². The topological polar surface area (TPSA) is 107 Å². The maximum atomic E-state index is 12.4. The Labute approximate surface area is 168 Å². The minimum Gasteiger partial charge on any atom is -0.381 e. The van der Waals surface area contributed by atoms with Crippen LogP contribution in [0, 0.1) is 0 Å². The van der Waals surface area contributed by atoms with Crippen molar-refractivity contribution in [2.75, 3.05) is 18.5 Å². The van der Waals surface area contributed by atoms with Gasteiger partial charge >= 0.3 is 0 Å². The summed E-state index contributed by atoms with van der Waals surface area (Å²) in [6.07, 6.45) is 5.95. The Kier molecular flexibility index (Phi) is 5.75. The first-order chi connectivity index (χ1) is 14.2. The van der Waals surface area contributed by atoms with Gasteiger partial charge in [0.1, 0.15) is 0 Å². The molecule has 1 aliphatic rings. The van der Waals surface area contributed by atoms with Crippen LogP contribution in [0.5, 0.6) is 0 Å². The van der Waals surface area contributed by atoms with Crippen molar-refractivity contribution in [1.82, 2.24) is 25.2 Å². The van der Waals surface area contributed by atoms with Crippen molar-refractivity contribution in [2.24, 2.45) is 0 Å². The molecule has 4 rings (SSSR count). The molecule has 3 aromatic heterocycles. The zero-order chi connectivity index (χ0) is 20.2. The highest BCUT2D eigenvalue weighted by molar-refractivity contribution is 5.93. The van der Waals surface area contributed by atoms with E-state index in [-0.39, 0.29) is 11.7 Å². The summed E-state index contributed by atoms with van der Waals surface area (Å²) in [7, 11) is 0. The van der Waals surface area contributed by atoms with E-state index < -0.39 is 0 Å². The quantitative estimate of drug-likeness (QED) is 0.630. The van der Waals surface area contributed by atoms with Crippen molar-refractivity contribution in [1.29, 1.82) is 0 Å². The highest BCUT2D eigenvalue weighted by Crippen LogP contribution is 2.31. The van der Waals surface area contributed by atoms with Crippen LogP contribution in [-0.4, -0.2) is 45.1 Å². The fraction of sp³-hybridized carbons (Fsp3) is 0.500. The van der Waals surface area contributed by atoms with Crippen LogP contribution in [0.4, 0.5) is 5.69 Å². The van der Waals surface area contributed by atoms with E-state index >= 15 is 0 Å². The third kappa shape index (κ3) is 3.95. The predicted octanol–water partition coefficient (Wildman–Crippen LogP) is 2.52. The summed E-state index contributed by atoms with van der Waals surface area (Å²) in [5.74, 6) is -0.110. The molecule has 0 atom stereocenters. The van der Waals surface area contributed by atoms with Crippen LogP contribution in [-0.2, 0) is 24.2 Å². The molecule has 154 valence electrons. The lowest BCUT2D eigenvalue weighted by molar-refractivity contribution is 0.0904. The van der Waals surface area contributed by atoms with Crippen LogP contribution in [0.3, 0.4) is 0 Å². The predicted molar refractivity (Wildman–Crippen MR) is 108 cm³/mol. The van der Waals surface area contributed by atoms with E-state index in [0.29, 0.717) is 12.6 Å². The Morgan fingerprint density at radius 3 is 2.83 bits per heavy atom. The van der Waals surface area contributed by atoms with Crippen LogP contribution in [0.1, 0.15) is 48.5 Å². The lowest BCUT2D eigenvalue weighted by Crippen LogP contribution is -2.30. The van der Waals surface area contributed by atoms with E-state index in [2.05, 4.69) is 34.7 Å². The summed E-state index contributed by atoms with van der Waals surface area (Å²) in [5, 5.41) is 15.7. The van der Waals surface area contributed by atoms with E-state index in [1.54, 1.807) is 6.07 Å². The van der Waals surface area contributed by atoms with E-state index in [1.165, 1.54) is 6.20 Å². The number of fused-ring (bicyclic) bond motifs is 1.